The Morgan fingerprint density at radius 3 is 1.59 bits per heavy atom. The van der Waals surface area contributed by atoms with Crippen molar-refractivity contribution in [1.82, 2.24) is 36.8 Å². The molecule has 1 heterocycles. The Labute approximate surface area is 437 Å². The van der Waals surface area contributed by atoms with Gasteiger partial charge in [-0.1, -0.05) is 39.3 Å². The Morgan fingerprint density at radius 2 is 1.07 bits per heavy atom. The molecule has 2 rings (SSSR count). The molecular weight excluding hydrogens is 975 g/mol. The van der Waals surface area contributed by atoms with Crippen molar-refractivity contribution in [3.05, 3.63) is 29.8 Å². The number of primary amides is 1. The summed E-state index contributed by atoms with van der Waals surface area (Å²) in [5.74, 6) is -6.16. The van der Waals surface area contributed by atoms with Crippen molar-refractivity contribution >= 4 is 65.1 Å². The van der Waals surface area contributed by atoms with Crippen LogP contribution in [0.15, 0.2) is 39.2 Å². The van der Waals surface area contributed by atoms with Crippen molar-refractivity contribution in [2.24, 2.45) is 72.5 Å². The molecule has 1 fully saturated rings. The summed E-state index contributed by atoms with van der Waals surface area (Å²) in [6, 6.07) is -3.73. The summed E-state index contributed by atoms with van der Waals surface area (Å²) < 4.78 is 0. The Hall–Kier alpha value is -7.49. The Balaban J connectivity index is 2.40. The predicted octanol–water partition coefficient (Wildman–Crippen LogP) is -5.00. The van der Waals surface area contributed by atoms with Crippen LogP contribution in [0, 0.1) is 5.92 Å². The van der Waals surface area contributed by atoms with Gasteiger partial charge in [0.2, 0.25) is 47.3 Å². The normalized spacial score (nSPS) is 15.8. The van der Waals surface area contributed by atoms with Crippen LogP contribution in [0.1, 0.15) is 103 Å². The standard InChI is InChI=1S/C47H83N19O9/c1-4-9-31(39(70)64-34(24-27-15-17-28(67)18-16-27)41(72)65-35(25-48)42(73)60-30(37(50)68)19-14-26(2)3)61-40(71)32(11-6-21-58-46(53)54)62-43(74)36-13-8-23-66(36)44(75)33(12-7-22-59-47(55)56)63-38(69)29(49)10-5-20-57-45(51)52/h15-18,26,29-36,67H,4-14,19-25,48-49H2,1-3H3,(H2,50,68)(H,60,73)(H,61,71)(H,62,74)(H,63,69)(H,64,70)(H,65,72)(H4,51,52,57)(H4,53,54,58)(H4,55,56,59)/t29-,30-,31-,32-,33-,34-,35-,36-/m0/s1. The van der Waals surface area contributed by atoms with Crippen LogP contribution in [-0.4, -0.2) is 156 Å². The van der Waals surface area contributed by atoms with Crippen LogP contribution in [-0.2, 0) is 44.8 Å². The van der Waals surface area contributed by atoms with E-state index in [9.17, 15) is 43.5 Å². The van der Waals surface area contributed by atoms with E-state index in [2.05, 4.69) is 46.9 Å². The molecule has 0 saturated carbocycles. The molecule has 8 amide bonds. The minimum atomic E-state index is -1.37. The quantitative estimate of drug-likeness (QED) is 0.0175. The van der Waals surface area contributed by atoms with Crippen LogP contribution < -0.4 is 83.5 Å². The van der Waals surface area contributed by atoms with Crippen molar-refractivity contribution in [2.75, 3.05) is 32.7 Å². The summed E-state index contributed by atoms with van der Waals surface area (Å²) in [6.07, 6.45) is 2.83. The summed E-state index contributed by atoms with van der Waals surface area (Å²) in [5, 5.41) is 25.9. The van der Waals surface area contributed by atoms with Crippen LogP contribution in [0.4, 0.5) is 0 Å². The van der Waals surface area contributed by atoms with Crippen molar-refractivity contribution in [2.45, 2.75) is 153 Å². The number of amides is 8. The topological polar surface area (TPSA) is 503 Å². The van der Waals surface area contributed by atoms with Gasteiger partial charge in [-0.15, -0.1) is 0 Å². The fraction of sp³-hybridized carbons (Fsp3) is 0.638. The fourth-order valence-corrected chi connectivity index (χ4v) is 7.97. The molecule has 0 bridgehead atoms. The highest BCUT2D eigenvalue weighted by molar-refractivity contribution is 5.98. The highest BCUT2D eigenvalue weighted by atomic mass is 16.3. The van der Waals surface area contributed by atoms with Crippen molar-refractivity contribution in [3.63, 3.8) is 0 Å². The number of guanidine groups is 3. The van der Waals surface area contributed by atoms with E-state index in [-0.39, 0.29) is 120 Å². The molecule has 1 saturated heterocycles. The van der Waals surface area contributed by atoms with Crippen molar-refractivity contribution < 1.29 is 43.5 Å². The zero-order valence-corrected chi connectivity index (χ0v) is 43.4. The summed E-state index contributed by atoms with van der Waals surface area (Å²) >= 11 is 0. The summed E-state index contributed by atoms with van der Waals surface area (Å²) in [6.45, 7) is 5.84. The SMILES string of the molecule is CCC[C@H](NC(=O)[C@H](CCCN=C(N)N)NC(=O)[C@@H]1CCCN1C(=O)[C@H](CCCN=C(N)N)NC(=O)[C@@H](N)CCCN=C(N)N)C(=O)N[C@@H](Cc1ccc(O)cc1)C(=O)N[C@@H](CN)C(=O)N[C@@H](CCC(C)C)C(N)=O. The van der Waals surface area contributed by atoms with Gasteiger partial charge in [0.25, 0.3) is 0 Å². The number of carbonyl (C=O) groups excluding carboxylic acids is 8. The largest absolute Gasteiger partial charge is 0.508 e. The first-order valence-corrected chi connectivity index (χ1v) is 25.3. The van der Waals surface area contributed by atoms with Crippen molar-refractivity contribution in [1.29, 1.82) is 0 Å². The lowest BCUT2D eigenvalue weighted by Gasteiger charge is -2.30. The Bertz CT molecular complexity index is 2130. The van der Waals surface area contributed by atoms with Gasteiger partial charge in [-0.25, -0.2) is 0 Å². The maximum atomic E-state index is 14.3. The average Bonchev–Trinajstić information content (AvgIpc) is 3.85. The van der Waals surface area contributed by atoms with Crippen LogP contribution in [0.5, 0.6) is 5.75 Å². The fourth-order valence-electron chi connectivity index (χ4n) is 7.97. The van der Waals surface area contributed by atoms with Gasteiger partial charge in [0.1, 0.15) is 48.0 Å². The third-order valence-corrected chi connectivity index (χ3v) is 12.1. The monoisotopic (exact) mass is 1060 g/mol. The molecule has 0 aromatic heterocycles. The van der Waals surface area contributed by atoms with E-state index in [1.807, 2.05) is 13.8 Å². The minimum absolute atomic E-state index is 0.0253. The zero-order chi connectivity index (χ0) is 56.2. The van der Waals surface area contributed by atoms with Crippen LogP contribution in [0.2, 0.25) is 0 Å². The third-order valence-electron chi connectivity index (χ3n) is 12.1. The van der Waals surface area contributed by atoms with Gasteiger partial charge < -0.3 is 93.5 Å². The number of nitrogens with one attached hydrogen (secondary N) is 6. The van der Waals surface area contributed by atoms with E-state index < -0.39 is 95.6 Å². The molecule has 28 heteroatoms. The molecular formula is C47H83N19O9. The highest BCUT2D eigenvalue weighted by Gasteiger charge is 2.40. The number of nitrogens with two attached hydrogens (primary N) is 9. The number of benzene rings is 1. The number of phenols is 1. The highest BCUT2D eigenvalue weighted by Crippen LogP contribution is 2.21. The summed E-state index contributed by atoms with van der Waals surface area (Å²) in [7, 11) is 0. The van der Waals surface area contributed by atoms with E-state index in [1.54, 1.807) is 6.92 Å². The smallest absolute Gasteiger partial charge is 0.245 e. The van der Waals surface area contributed by atoms with E-state index in [0.29, 0.717) is 31.2 Å². The number of carbonyl (C=O) groups is 8. The van der Waals surface area contributed by atoms with Crippen LogP contribution in [0.25, 0.3) is 0 Å². The van der Waals surface area contributed by atoms with Crippen molar-refractivity contribution in [3.8, 4) is 5.75 Å². The molecule has 25 N–H and O–H groups in total. The molecule has 0 aliphatic carbocycles. The summed E-state index contributed by atoms with van der Waals surface area (Å²) in [4.78, 5) is 123. The first-order valence-electron chi connectivity index (χ1n) is 25.3. The van der Waals surface area contributed by atoms with E-state index in [0.717, 1.165) is 0 Å². The second-order valence-corrected chi connectivity index (χ2v) is 18.8. The van der Waals surface area contributed by atoms with Gasteiger partial charge in [-0.2, -0.15) is 0 Å². The first-order chi connectivity index (χ1) is 35.5. The maximum Gasteiger partial charge on any atom is 0.245 e. The molecule has 1 aromatic rings. The van der Waals surface area contributed by atoms with Gasteiger partial charge >= 0.3 is 0 Å². The van der Waals surface area contributed by atoms with Gasteiger partial charge in [0.05, 0.1) is 6.04 Å². The zero-order valence-electron chi connectivity index (χ0n) is 43.4. The third kappa shape index (κ3) is 23.9. The average molecular weight is 1060 g/mol. The van der Waals surface area contributed by atoms with E-state index >= 15 is 0 Å². The molecule has 8 atom stereocenters. The molecule has 1 aliphatic rings. The molecule has 420 valence electrons. The van der Waals surface area contributed by atoms with Crippen LogP contribution >= 0.6 is 0 Å². The van der Waals surface area contributed by atoms with Crippen LogP contribution in [0.3, 0.4) is 0 Å². The second kappa shape index (κ2) is 33.4. The van der Waals surface area contributed by atoms with Gasteiger partial charge in [-0.3, -0.25) is 53.3 Å². The second-order valence-electron chi connectivity index (χ2n) is 18.8. The molecule has 1 aliphatic heterocycles. The molecule has 0 unspecified atom stereocenters. The number of aliphatic imine (C=N–C) groups is 3. The number of rotatable bonds is 34. The number of hydrogen-bond acceptors (Lipinski definition) is 14. The van der Waals surface area contributed by atoms with Gasteiger partial charge in [-0.05, 0) is 94.2 Å². The molecule has 0 spiro atoms. The number of aromatic hydroxyl groups is 1. The van der Waals surface area contributed by atoms with E-state index in [4.69, 9.17) is 51.6 Å². The molecule has 75 heavy (non-hydrogen) atoms. The Kier molecular flexibility index (Phi) is 28.3. The minimum Gasteiger partial charge on any atom is -0.508 e. The molecule has 0 radical (unpaired) electrons. The lowest BCUT2D eigenvalue weighted by Crippen LogP contribution is -2.61. The molecule has 28 nitrogen and oxygen atoms in total. The number of likely N-dealkylation sites (tertiary alicyclic amines) is 1. The number of nitrogens with zero attached hydrogens (tertiary/aromatic N) is 4. The lowest BCUT2D eigenvalue weighted by molar-refractivity contribution is -0.142. The van der Waals surface area contributed by atoms with Gasteiger partial charge in [0, 0.05) is 39.1 Å². The Morgan fingerprint density at radius 1 is 0.600 bits per heavy atom. The number of phenolic OH excluding ortho intramolecular Hbond substituents is 1. The molecule has 1 aromatic carbocycles. The number of hydrogen-bond donors (Lipinski definition) is 16. The van der Waals surface area contributed by atoms with E-state index in [1.165, 1.54) is 29.2 Å². The first kappa shape index (κ1) is 63.6. The summed E-state index contributed by atoms with van der Waals surface area (Å²) in [5.41, 5.74) is 51.0. The maximum absolute atomic E-state index is 14.3. The van der Waals surface area contributed by atoms with Gasteiger partial charge in [0.15, 0.2) is 17.9 Å². The predicted molar refractivity (Wildman–Crippen MR) is 283 cm³/mol. The lowest BCUT2D eigenvalue weighted by atomic mass is 10.0.